The third kappa shape index (κ3) is 4.53. The molecule has 1 fully saturated rings. The van der Waals surface area contributed by atoms with Crippen molar-refractivity contribution in [1.29, 1.82) is 0 Å². The Balaban J connectivity index is 1.54. The lowest BCUT2D eigenvalue weighted by molar-refractivity contribution is 0.0967. The fraction of sp³-hybridized carbons (Fsp3) is 0.240. The Morgan fingerprint density at radius 3 is 2.89 bits per heavy atom. The topological polar surface area (TPSA) is 109 Å². The van der Waals surface area contributed by atoms with Crippen LogP contribution in [0.4, 0.5) is 10.2 Å². The molecule has 5 rings (SSSR count). The molecule has 9 nitrogen and oxygen atoms in total. The standard InChI is InChI=1S/C25H24FN7O2/c26-21-15-18(33-24-22(30-31-33)8-3-13-29-24)9-10-20(21)25(35)32(19-7-2-11-27-16-19)23-17(6-4-14-34)5-1-12-28-23/h1,3-6,8-10,12-13,15,19,27,34H,2,7,11,14,16H2/b6-4+/t19-/m1/s1. The van der Waals surface area contributed by atoms with Crippen molar-refractivity contribution in [2.24, 2.45) is 0 Å². The second-order valence-electron chi connectivity index (χ2n) is 8.19. The van der Waals surface area contributed by atoms with Crippen LogP contribution in [0.3, 0.4) is 0 Å². The van der Waals surface area contributed by atoms with E-state index in [-0.39, 0.29) is 18.2 Å². The molecule has 2 N–H and O–H groups in total. The average Bonchev–Trinajstić information content (AvgIpc) is 3.33. The summed E-state index contributed by atoms with van der Waals surface area (Å²) in [6.07, 6.45) is 8.15. The molecule has 1 aliphatic heterocycles. The number of carbonyl (C=O) groups excluding carboxylic acids is 1. The molecule has 1 aromatic carbocycles. The van der Waals surface area contributed by atoms with Crippen molar-refractivity contribution in [1.82, 2.24) is 30.3 Å². The first kappa shape index (κ1) is 22.8. The molecule has 1 atom stereocenters. The van der Waals surface area contributed by atoms with E-state index in [9.17, 15) is 9.90 Å². The Bertz CT molecular complexity index is 1380. The summed E-state index contributed by atoms with van der Waals surface area (Å²) in [4.78, 5) is 24.1. The normalized spacial score (nSPS) is 16.1. The van der Waals surface area contributed by atoms with Crippen molar-refractivity contribution < 1.29 is 14.3 Å². The quantitative estimate of drug-likeness (QED) is 0.443. The molecule has 4 aromatic rings. The SMILES string of the molecule is O=C(c1ccc(-n2nnc3cccnc32)cc1F)N(c1ncccc1/C=C/CO)[C@@H]1CCCNC1. The lowest BCUT2D eigenvalue weighted by Crippen LogP contribution is -2.49. The van der Waals surface area contributed by atoms with E-state index in [1.165, 1.54) is 16.8 Å². The molecule has 178 valence electrons. The molecular weight excluding hydrogens is 449 g/mol. The number of benzene rings is 1. The first-order valence-corrected chi connectivity index (χ1v) is 11.4. The molecule has 1 amide bonds. The second kappa shape index (κ2) is 10.1. The van der Waals surface area contributed by atoms with Crippen molar-refractivity contribution in [3.63, 3.8) is 0 Å². The zero-order chi connectivity index (χ0) is 24.2. The van der Waals surface area contributed by atoms with Gasteiger partial charge in [-0.15, -0.1) is 5.10 Å². The van der Waals surface area contributed by atoms with Gasteiger partial charge in [0.25, 0.3) is 5.91 Å². The summed E-state index contributed by atoms with van der Waals surface area (Å²) in [6, 6.07) is 11.2. The molecule has 0 aliphatic carbocycles. The van der Waals surface area contributed by atoms with Crippen LogP contribution in [0, 0.1) is 5.82 Å². The number of fused-ring (bicyclic) bond motifs is 1. The second-order valence-corrected chi connectivity index (χ2v) is 8.19. The number of aliphatic hydroxyl groups excluding tert-OH is 1. The van der Waals surface area contributed by atoms with Crippen molar-refractivity contribution in [3.8, 4) is 5.69 Å². The van der Waals surface area contributed by atoms with Crippen molar-refractivity contribution in [2.75, 3.05) is 24.6 Å². The van der Waals surface area contributed by atoms with Crippen LogP contribution in [0.1, 0.15) is 28.8 Å². The van der Waals surface area contributed by atoms with Gasteiger partial charge in [0.2, 0.25) is 0 Å². The van der Waals surface area contributed by atoms with Gasteiger partial charge in [-0.3, -0.25) is 9.69 Å². The van der Waals surface area contributed by atoms with Gasteiger partial charge in [0.1, 0.15) is 17.2 Å². The maximum Gasteiger partial charge on any atom is 0.262 e. The van der Waals surface area contributed by atoms with Gasteiger partial charge < -0.3 is 10.4 Å². The smallest absolute Gasteiger partial charge is 0.262 e. The van der Waals surface area contributed by atoms with Crippen LogP contribution in [-0.2, 0) is 0 Å². The lowest BCUT2D eigenvalue weighted by Gasteiger charge is -2.35. The number of pyridine rings is 2. The third-order valence-electron chi connectivity index (χ3n) is 5.94. The van der Waals surface area contributed by atoms with Crippen LogP contribution < -0.4 is 10.2 Å². The Morgan fingerprint density at radius 1 is 1.23 bits per heavy atom. The number of anilines is 1. The van der Waals surface area contributed by atoms with Gasteiger partial charge in [0.05, 0.1) is 23.9 Å². The summed E-state index contributed by atoms with van der Waals surface area (Å²) in [5.74, 6) is -0.739. The minimum absolute atomic E-state index is 0.0700. The van der Waals surface area contributed by atoms with Crippen molar-refractivity contribution >= 4 is 29.0 Å². The molecule has 0 saturated carbocycles. The Labute approximate surface area is 200 Å². The maximum atomic E-state index is 15.4. The number of rotatable bonds is 6. The van der Waals surface area contributed by atoms with Gasteiger partial charge in [0.15, 0.2) is 5.65 Å². The van der Waals surface area contributed by atoms with E-state index in [4.69, 9.17) is 0 Å². The molecule has 3 aromatic heterocycles. The van der Waals surface area contributed by atoms with E-state index in [1.54, 1.807) is 53.7 Å². The summed E-state index contributed by atoms with van der Waals surface area (Å²) in [7, 11) is 0. The van der Waals surface area contributed by atoms with Gasteiger partial charge in [-0.1, -0.05) is 17.4 Å². The minimum atomic E-state index is -0.677. The highest BCUT2D eigenvalue weighted by Crippen LogP contribution is 2.27. The van der Waals surface area contributed by atoms with E-state index >= 15 is 4.39 Å². The molecule has 1 aliphatic rings. The van der Waals surface area contributed by atoms with Gasteiger partial charge in [-0.2, -0.15) is 4.68 Å². The third-order valence-corrected chi connectivity index (χ3v) is 5.94. The molecule has 0 bridgehead atoms. The molecule has 10 heteroatoms. The van der Waals surface area contributed by atoms with Crippen LogP contribution >= 0.6 is 0 Å². The van der Waals surface area contributed by atoms with E-state index in [1.807, 2.05) is 6.07 Å². The first-order valence-electron chi connectivity index (χ1n) is 11.4. The summed E-state index contributed by atoms with van der Waals surface area (Å²) >= 11 is 0. The van der Waals surface area contributed by atoms with Crippen molar-refractivity contribution in [3.05, 3.63) is 77.9 Å². The van der Waals surface area contributed by atoms with Crippen LogP contribution in [-0.4, -0.2) is 61.7 Å². The fourth-order valence-corrected chi connectivity index (χ4v) is 4.29. The minimum Gasteiger partial charge on any atom is -0.392 e. The Kier molecular flexibility index (Phi) is 6.55. The number of aliphatic hydroxyl groups is 1. The van der Waals surface area contributed by atoms with Gasteiger partial charge in [-0.25, -0.2) is 14.4 Å². The number of amides is 1. The first-order chi connectivity index (χ1) is 17.2. The van der Waals surface area contributed by atoms with Gasteiger partial charge in [-0.05, 0) is 55.8 Å². The van der Waals surface area contributed by atoms with E-state index in [0.717, 1.165) is 19.4 Å². The van der Waals surface area contributed by atoms with Gasteiger partial charge >= 0.3 is 0 Å². The maximum absolute atomic E-state index is 15.4. The largest absolute Gasteiger partial charge is 0.392 e. The highest BCUT2D eigenvalue weighted by molar-refractivity contribution is 6.07. The van der Waals surface area contributed by atoms with Crippen LogP contribution in [0.5, 0.6) is 0 Å². The summed E-state index contributed by atoms with van der Waals surface area (Å²) in [6.45, 7) is 1.29. The van der Waals surface area contributed by atoms with E-state index in [2.05, 4.69) is 25.6 Å². The fourth-order valence-electron chi connectivity index (χ4n) is 4.29. The number of nitrogens with zero attached hydrogens (tertiary/aromatic N) is 6. The van der Waals surface area contributed by atoms with Crippen LogP contribution in [0.2, 0.25) is 0 Å². The predicted molar refractivity (Wildman–Crippen MR) is 130 cm³/mol. The molecule has 1 saturated heterocycles. The van der Waals surface area contributed by atoms with Crippen LogP contribution in [0.15, 0.2) is 60.9 Å². The Hall–Kier alpha value is -4.02. The molecule has 4 heterocycles. The number of hydrogen-bond donors (Lipinski definition) is 2. The van der Waals surface area contributed by atoms with E-state index in [0.29, 0.717) is 34.8 Å². The number of hydrogen-bond acceptors (Lipinski definition) is 7. The number of nitrogens with one attached hydrogen (secondary N) is 1. The average molecular weight is 474 g/mol. The Morgan fingerprint density at radius 2 is 2.09 bits per heavy atom. The molecular formula is C25H24FN7O2. The lowest BCUT2D eigenvalue weighted by atomic mass is 10.0. The number of piperidine rings is 1. The summed E-state index contributed by atoms with van der Waals surface area (Å²) in [5.41, 5.74) is 2.09. The van der Waals surface area contributed by atoms with E-state index < -0.39 is 11.7 Å². The summed E-state index contributed by atoms with van der Waals surface area (Å²) < 4.78 is 16.9. The highest BCUT2D eigenvalue weighted by Gasteiger charge is 2.31. The predicted octanol–water partition coefficient (Wildman–Crippen LogP) is 2.75. The molecule has 0 radical (unpaired) electrons. The van der Waals surface area contributed by atoms with Crippen LogP contribution in [0.25, 0.3) is 22.9 Å². The summed E-state index contributed by atoms with van der Waals surface area (Å²) in [5, 5.41) is 20.7. The zero-order valence-electron chi connectivity index (χ0n) is 18.9. The highest BCUT2D eigenvalue weighted by atomic mass is 19.1. The molecule has 0 unspecified atom stereocenters. The van der Waals surface area contributed by atoms with Gasteiger partial charge in [0, 0.05) is 30.6 Å². The molecule has 35 heavy (non-hydrogen) atoms. The molecule has 0 spiro atoms. The number of halogens is 1. The zero-order valence-corrected chi connectivity index (χ0v) is 18.9. The number of carbonyl (C=O) groups is 1. The monoisotopic (exact) mass is 473 g/mol. The number of aromatic nitrogens is 5. The van der Waals surface area contributed by atoms with Crippen molar-refractivity contribution in [2.45, 2.75) is 18.9 Å².